The lowest BCUT2D eigenvalue weighted by Gasteiger charge is -2.26. The quantitative estimate of drug-likeness (QED) is 0.328. The number of nitrogens with one attached hydrogen (secondary N) is 2. The lowest BCUT2D eigenvalue weighted by Crippen LogP contribution is -2.44. The van der Waals surface area contributed by atoms with Crippen molar-refractivity contribution in [3.05, 3.63) is 108 Å². The van der Waals surface area contributed by atoms with Crippen molar-refractivity contribution in [3.8, 4) is 11.1 Å². The maximum absolute atomic E-state index is 12.9. The molecular formula is C32H36N2O4. The van der Waals surface area contributed by atoms with E-state index < -0.39 is 17.6 Å². The number of hydrogen-bond donors (Lipinski definition) is 2. The van der Waals surface area contributed by atoms with Gasteiger partial charge < -0.3 is 20.1 Å². The highest BCUT2D eigenvalue weighted by atomic mass is 16.5. The summed E-state index contributed by atoms with van der Waals surface area (Å²) < 4.78 is 10.8. The van der Waals surface area contributed by atoms with E-state index in [1.165, 1.54) is 29.4 Å². The Morgan fingerprint density at radius 3 is 2.00 bits per heavy atom. The van der Waals surface area contributed by atoms with E-state index >= 15 is 0 Å². The topological polar surface area (TPSA) is 76.7 Å². The maximum atomic E-state index is 12.9. The summed E-state index contributed by atoms with van der Waals surface area (Å²) in [5, 5.41) is 5.93. The zero-order valence-corrected chi connectivity index (χ0v) is 22.5. The average Bonchev–Trinajstić information content (AvgIpc) is 3.23. The van der Waals surface area contributed by atoms with Gasteiger partial charge in [-0.2, -0.15) is 0 Å². The largest absolute Gasteiger partial charge is 0.483 e. The van der Waals surface area contributed by atoms with Crippen LogP contribution in [0.25, 0.3) is 11.1 Å². The Hall–Kier alpha value is -4.06. The summed E-state index contributed by atoms with van der Waals surface area (Å²) in [5.74, 6) is 0.465. The molecule has 1 aliphatic carbocycles. The van der Waals surface area contributed by atoms with Crippen molar-refractivity contribution >= 4 is 11.9 Å². The third-order valence-electron chi connectivity index (χ3n) is 6.88. The fourth-order valence-electron chi connectivity index (χ4n) is 4.84. The summed E-state index contributed by atoms with van der Waals surface area (Å²) in [4.78, 5) is 25.4. The SMILES string of the molecule is C=C(NC(Cc1ccc(CNC(=O)OCC2c3ccccc3-c3ccccc32)cc1)C(=O)C(C)(C)C)OC. The molecule has 0 bridgehead atoms. The number of carbonyl (C=O) groups excluding carboxylic acids is 2. The van der Waals surface area contributed by atoms with E-state index in [0.29, 0.717) is 18.8 Å². The minimum Gasteiger partial charge on any atom is -0.483 e. The first-order chi connectivity index (χ1) is 18.2. The molecule has 38 heavy (non-hydrogen) atoms. The lowest BCUT2D eigenvalue weighted by atomic mass is 9.84. The van der Waals surface area contributed by atoms with E-state index in [9.17, 15) is 9.59 Å². The van der Waals surface area contributed by atoms with Crippen LogP contribution in [-0.4, -0.2) is 31.6 Å². The van der Waals surface area contributed by atoms with Gasteiger partial charge in [-0.25, -0.2) is 4.79 Å². The second-order valence-corrected chi connectivity index (χ2v) is 10.6. The molecule has 0 saturated heterocycles. The molecular weight excluding hydrogens is 476 g/mol. The molecule has 6 nitrogen and oxygen atoms in total. The molecule has 1 atom stereocenters. The molecule has 0 aliphatic heterocycles. The number of Topliss-reactive ketones (excluding diaryl/α,β-unsaturated/α-hetero) is 1. The van der Waals surface area contributed by atoms with Gasteiger partial charge in [0.15, 0.2) is 11.7 Å². The number of carbonyl (C=O) groups is 2. The predicted molar refractivity (Wildman–Crippen MR) is 150 cm³/mol. The first-order valence-electron chi connectivity index (χ1n) is 12.9. The number of ketones is 1. The predicted octanol–water partition coefficient (Wildman–Crippen LogP) is 5.96. The molecule has 1 unspecified atom stereocenters. The Balaban J connectivity index is 1.32. The molecule has 198 valence electrons. The summed E-state index contributed by atoms with van der Waals surface area (Å²) in [6.45, 7) is 10.1. The Morgan fingerprint density at radius 1 is 0.895 bits per heavy atom. The highest BCUT2D eigenvalue weighted by Crippen LogP contribution is 2.44. The van der Waals surface area contributed by atoms with Crippen molar-refractivity contribution in [3.63, 3.8) is 0 Å². The van der Waals surface area contributed by atoms with Crippen LogP contribution in [0.5, 0.6) is 0 Å². The van der Waals surface area contributed by atoms with Gasteiger partial charge >= 0.3 is 6.09 Å². The lowest BCUT2D eigenvalue weighted by molar-refractivity contribution is -0.128. The number of amides is 1. The second-order valence-electron chi connectivity index (χ2n) is 10.6. The molecule has 0 fully saturated rings. The summed E-state index contributed by atoms with van der Waals surface area (Å²) in [6.07, 6.45) is 0.0486. The molecule has 1 amide bonds. The van der Waals surface area contributed by atoms with Gasteiger partial charge in [0.1, 0.15) is 6.61 Å². The second kappa shape index (κ2) is 11.5. The number of fused-ring (bicyclic) bond motifs is 3. The molecule has 1 aliphatic rings. The normalized spacial score (nSPS) is 13.2. The minimum absolute atomic E-state index is 0.0268. The fourth-order valence-corrected chi connectivity index (χ4v) is 4.84. The van der Waals surface area contributed by atoms with Crippen molar-refractivity contribution in [1.82, 2.24) is 10.6 Å². The van der Waals surface area contributed by atoms with Gasteiger partial charge in [-0.15, -0.1) is 0 Å². The van der Waals surface area contributed by atoms with E-state index in [4.69, 9.17) is 9.47 Å². The molecule has 2 N–H and O–H groups in total. The molecule has 0 saturated carbocycles. The van der Waals surface area contributed by atoms with Gasteiger partial charge in [0.2, 0.25) is 0 Å². The van der Waals surface area contributed by atoms with Crippen LogP contribution in [0.15, 0.2) is 85.3 Å². The minimum atomic E-state index is -0.501. The number of alkyl carbamates (subject to hydrolysis) is 1. The number of ether oxygens (including phenoxy) is 2. The first kappa shape index (κ1) is 27.0. The summed E-state index contributed by atoms with van der Waals surface area (Å²) in [5.41, 5.74) is 6.20. The molecule has 3 aromatic rings. The number of rotatable bonds is 10. The van der Waals surface area contributed by atoms with Crippen molar-refractivity contribution < 1.29 is 19.1 Å². The zero-order valence-electron chi connectivity index (χ0n) is 22.5. The average molecular weight is 513 g/mol. The molecule has 6 heteroatoms. The zero-order chi connectivity index (χ0) is 27.3. The van der Waals surface area contributed by atoms with E-state index in [1.807, 2.05) is 69.3 Å². The molecule has 0 aromatic heterocycles. The van der Waals surface area contributed by atoms with Crippen molar-refractivity contribution in [1.29, 1.82) is 0 Å². The van der Waals surface area contributed by atoms with Crippen LogP contribution in [0.3, 0.4) is 0 Å². The Labute approximate surface area is 225 Å². The smallest absolute Gasteiger partial charge is 0.407 e. The number of methoxy groups -OCH3 is 1. The Kier molecular flexibility index (Phi) is 8.20. The van der Waals surface area contributed by atoms with Crippen LogP contribution >= 0.6 is 0 Å². The van der Waals surface area contributed by atoms with E-state index in [0.717, 1.165) is 11.1 Å². The third-order valence-corrected chi connectivity index (χ3v) is 6.88. The van der Waals surface area contributed by atoms with Crippen LogP contribution in [-0.2, 0) is 27.2 Å². The first-order valence-corrected chi connectivity index (χ1v) is 12.9. The summed E-state index contributed by atoms with van der Waals surface area (Å²) in [7, 11) is 1.52. The van der Waals surface area contributed by atoms with Crippen molar-refractivity contribution in [2.45, 2.75) is 45.7 Å². The van der Waals surface area contributed by atoms with Gasteiger partial charge in [0.05, 0.1) is 13.2 Å². The summed E-state index contributed by atoms with van der Waals surface area (Å²) in [6, 6.07) is 23.9. The Bertz CT molecular complexity index is 1260. The van der Waals surface area contributed by atoms with E-state index in [2.05, 4.69) is 41.5 Å². The van der Waals surface area contributed by atoms with Crippen LogP contribution in [0.1, 0.15) is 48.9 Å². The standard InChI is InChI=1S/C32H36N2O4/c1-21(37-5)34-29(30(35)32(2,3)4)18-22-14-16-23(17-15-22)19-33-31(36)38-20-28-26-12-8-6-10-24(26)25-11-7-9-13-27(25)28/h6-17,28-29,34H,1,18-20H2,2-5H3,(H,33,36). The highest BCUT2D eigenvalue weighted by Gasteiger charge is 2.31. The van der Waals surface area contributed by atoms with Gasteiger partial charge in [0, 0.05) is 17.9 Å². The monoisotopic (exact) mass is 512 g/mol. The Morgan fingerprint density at radius 2 is 1.45 bits per heavy atom. The molecule has 0 radical (unpaired) electrons. The molecule has 0 heterocycles. The highest BCUT2D eigenvalue weighted by molar-refractivity contribution is 5.89. The third kappa shape index (κ3) is 6.25. The van der Waals surface area contributed by atoms with E-state index in [-0.39, 0.29) is 18.3 Å². The van der Waals surface area contributed by atoms with Crippen molar-refractivity contribution in [2.24, 2.45) is 5.41 Å². The van der Waals surface area contributed by atoms with Crippen LogP contribution in [0.4, 0.5) is 4.79 Å². The van der Waals surface area contributed by atoms with Crippen LogP contribution < -0.4 is 10.6 Å². The summed E-state index contributed by atoms with van der Waals surface area (Å²) >= 11 is 0. The number of benzene rings is 3. The van der Waals surface area contributed by atoms with Gasteiger partial charge in [0.25, 0.3) is 0 Å². The van der Waals surface area contributed by atoms with E-state index in [1.54, 1.807) is 0 Å². The van der Waals surface area contributed by atoms with Gasteiger partial charge in [-0.05, 0) is 46.4 Å². The maximum Gasteiger partial charge on any atom is 0.407 e. The van der Waals surface area contributed by atoms with Crippen LogP contribution in [0, 0.1) is 5.41 Å². The molecule has 0 spiro atoms. The number of hydrogen-bond acceptors (Lipinski definition) is 5. The van der Waals surface area contributed by atoms with Gasteiger partial charge in [-0.1, -0.05) is 93.6 Å². The van der Waals surface area contributed by atoms with Gasteiger partial charge in [-0.3, -0.25) is 4.79 Å². The van der Waals surface area contributed by atoms with Crippen molar-refractivity contribution in [2.75, 3.05) is 13.7 Å². The molecule has 3 aromatic carbocycles. The van der Waals surface area contributed by atoms with Crippen LogP contribution in [0.2, 0.25) is 0 Å². The molecule has 4 rings (SSSR count). The fraction of sp³-hybridized carbons (Fsp3) is 0.312.